The van der Waals surface area contributed by atoms with Gasteiger partial charge in [-0.25, -0.2) is 0 Å². The van der Waals surface area contributed by atoms with E-state index >= 15 is 0 Å². The first-order valence-corrected chi connectivity index (χ1v) is 9.62. The van der Waals surface area contributed by atoms with E-state index in [1.807, 2.05) is 6.07 Å². The van der Waals surface area contributed by atoms with E-state index in [2.05, 4.69) is 0 Å². The molecular formula is C16H23N2O5P. The van der Waals surface area contributed by atoms with E-state index in [4.69, 9.17) is 13.6 Å². The summed E-state index contributed by atoms with van der Waals surface area (Å²) >= 11 is 0. The maximum absolute atomic E-state index is 12.8. The zero-order chi connectivity index (χ0) is 18.0. The van der Waals surface area contributed by atoms with Crippen molar-refractivity contribution in [1.82, 2.24) is 9.34 Å². The van der Waals surface area contributed by atoms with Gasteiger partial charge in [0.15, 0.2) is 0 Å². The molecule has 0 bridgehead atoms. The van der Waals surface area contributed by atoms with Crippen LogP contribution in [-0.2, 0) is 18.6 Å². The van der Waals surface area contributed by atoms with Crippen LogP contribution >= 0.6 is 7.59 Å². The Kier molecular flexibility index (Phi) is 3.35. The summed E-state index contributed by atoms with van der Waals surface area (Å²) in [7, 11) is -1.28. The van der Waals surface area contributed by atoms with Crippen LogP contribution in [0.2, 0.25) is 0 Å². The Labute approximate surface area is 141 Å². The van der Waals surface area contributed by atoms with Crippen LogP contribution in [0.3, 0.4) is 0 Å². The van der Waals surface area contributed by atoms with Gasteiger partial charge < -0.3 is 0 Å². The third-order valence-corrected chi connectivity index (χ3v) is 8.83. The van der Waals surface area contributed by atoms with Crippen molar-refractivity contribution in [2.45, 2.75) is 38.9 Å². The summed E-state index contributed by atoms with van der Waals surface area (Å²) in [5, 5.41) is 0. The van der Waals surface area contributed by atoms with Gasteiger partial charge in [-0.3, -0.25) is 0 Å². The standard InChI is InChI=1S/C16H23N2O5P/c1-15(2)13(19)17(5)24(22-15,21-12-10-8-7-9-11-12)18(6)14(20)16(3,4)23-24/h7-11H,1-6H3. The number of likely N-dealkylation sites (N-methyl/N-ethyl adjacent to an activating group) is 2. The average Bonchev–Trinajstić information content (AvgIpc) is 2.74. The van der Waals surface area contributed by atoms with Crippen LogP contribution in [0.1, 0.15) is 27.7 Å². The van der Waals surface area contributed by atoms with Gasteiger partial charge in [-0.1, -0.05) is 0 Å². The quantitative estimate of drug-likeness (QED) is 0.764. The Morgan fingerprint density at radius 1 is 0.875 bits per heavy atom. The predicted octanol–water partition coefficient (Wildman–Crippen LogP) is 2.73. The number of para-hydroxylation sites is 1. The van der Waals surface area contributed by atoms with Crippen LogP contribution in [0.5, 0.6) is 5.75 Å². The molecule has 2 saturated heterocycles. The molecule has 1 aromatic carbocycles. The van der Waals surface area contributed by atoms with Gasteiger partial charge in [0.25, 0.3) is 0 Å². The fourth-order valence-corrected chi connectivity index (χ4v) is 7.77. The van der Waals surface area contributed by atoms with Gasteiger partial charge in [0, 0.05) is 0 Å². The normalized spacial score (nSPS) is 28.0. The average molecular weight is 354 g/mol. The summed E-state index contributed by atoms with van der Waals surface area (Å²) in [4.78, 5) is 25.6. The van der Waals surface area contributed by atoms with Crippen molar-refractivity contribution in [3.8, 4) is 5.75 Å². The molecule has 2 aliphatic rings. The van der Waals surface area contributed by atoms with Crippen molar-refractivity contribution >= 4 is 19.4 Å². The first kappa shape index (κ1) is 17.1. The van der Waals surface area contributed by atoms with Crippen LogP contribution < -0.4 is 4.52 Å². The van der Waals surface area contributed by atoms with Crippen molar-refractivity contribution in [3.05, 3.63) is 30.3 Å². The number of hydrogen-bond donors (Lipinski definition) is 0. The van der Waals surface area contributed by atoms with Crippen molar-refractivity contribution in [1.29, 1.82) is 0 Å². The summed E-state index contributed by atoms with van der Waals surface area (Å²) in [6.45, 7) is 6.59. The molecule has 8 heteroatoms. The van der Waals surface area contributed by atoms with Gasteiger partial charge in [-0.15, -0.1) is 0 Å². The molecule has 0 saturated carbocycles. The third kappa shape index (κ3) is 1.95. The number of rotatable bonds is 2. The van der Waals surface area contributed by atoms with E-state index < -0.39 is 18.8 Å². The minimum atomic E-state index is -4.40. The zero-order valence-corrected chi connectivity index (χ0v) is 15.7. The molecule has 0 atom stereocenters. The van der Waals surface area contributed by atoms with Crippen LogP contribution in [0.25, 0.3) is 0 Å². The van der Waals surface area contributed by atoms with Crippen LogP contribution in [0, 0.1) is 0 Å². The second-order valence-electron chi connectivity index (χ2n) is 7.07. The van der Waals surface area contributed by atoms with Crippen LogP contribution in [0.4, 0.5) is 0 Å². The Bertz CT molecular complexity index is 678. The molecule has 1 aromatic rings. The Balaban J connectivity index is 2.24. The van der Waals surface area contributed by atoms with E-state index in [0.29, 0.717) is 5.75 Å². The fraction of sp³-hybridized carbons (Fsp3) is 0.500. The Morgan fingerprint density at radius 2 is 1.29 bits per heavy atom. The van der Waals surface area contributed by atoms with Crippen molar-refractivity contribution in [2.24, 2.45) is 0 Å². The number of amides is 2. The summed E-state index contributed by atoms with van der Waals surface area (Å²) in [5.74, 6) is -0.133. The second kappa shape index (κ2) is 4.69. The monoisotopic (exact) mass is 354 g/mol. The molecule has 2 fully saturated rings. The van der Waals surface area contributed by atoms with Gasteiger partial charge in [-0.05, 0) is 0 Å². The zero-order valence-electron chi connectivity index (χ0n) is 14.8. The molecule has 2 aliphatic heterocycles. The van der Waals surface area contributed by atoms with Gasteiger partial charge >= 0.3 is 141 Å². The predicted molar refractivity (Wildman–Crippen MR) is 89.9 cm³/mol. The molecule has 0 unspecified atom stereocenters. The van der Waals surface area contributed by atoms with Gasteiger partial charge in [0.1, 0.15) is 0 Å². The summed E-state index contributed by atoms with van der Waals surface area (Å²) in [6.07, 6.45) is 0. The molecule has 2 heterocycles. The van der Waals surface area contributed by atoms with Gasteiger partial charge in [0.2, 0.25) is 0 Å². The summed E-state index contributed by atoms with van der Waals surface area (Å²) in [6, 6.07) is 8.93. The maximum atomic E-state index is 12.8. The van der Waals surface area contributed by atoms with Crippen LogP contribution in [0.15, 0.2) is 30.3 Å². The topological polar surface area (TPSA) is 68.3 Å². The Morgan fingerprint density at radius 3 is 1.62 bits per heavy atom. The number of carbonyl (C=O) groups is 2. The molecular weight excluding hydrogens is 331 g/mol. The van der Waals surface area contributed by atoms with E-state index in [1.54, 1.807) is 66.1 Å². The molecule has 2 amide bonds. The number of benzene rings is 1. The first-order valence-electron chi connectivity index (χ1n) is 7.72. The minimum absolute atomic E-state index is 0.298. The van der Waals surface area contributed by atoms with E-state index in [0.717, 1.165) is 0 Å². The molecule has 3 rings (SSSR count). The van der Waals surface area contributed by atoms with Crippen molar-refractivity contribution < 1.29 is 23.2 Å². The molecule has 0 aliphatic carbocycles. The molecule has 132 valence electrons. The number of hydrogen-bond acceptors (Lipinski definition) is 5. The van der Waals surface area contributed by atoms with Crippen molar-refractivity contribution in [3.63, 3.8) is 0 Å². The third-order valence-electron chi connectivity index (χ3n) is 4.39. The fourth-order valence-electron chi connectivity index (χ4n) is 3.23. The number of nitrogens with zero attached hydrogens (tertiary/aromatic N) is 2. The van der Waals surface area contributed by atoms with Crippen LogP contribution in [-0.4, -0.2) is 46.5 Å². The van der Waals surface area contributed by atoms with Gasteiger partial charge in [-0.2, -0.15) is 0 Å². The summed E-state index contributed by atoms with van der Waals surface area (Å²) < 4.78 is 21.3. The molecule has 7 nitrogen and oxygen atoms in total. The molecule has 0 aromatic heterocycles. The Hall–Kier alpha value is -1.69. The summed E-state index contributed by atoms with van der Waals surface area (Å²) in [5.41, 5.74) is -2.34. The van der Waals surface area contributed by atoms with E-state index in [1.165, 1.54) is 9.34 Å². The van der Waals surface area contributed by atoms with E-state index in [9.17, 15) is 9.59 Å². The van der Waals surface area contributed by atoms with E-state index in [-0.39, 0.29) is 11.8 Å². The van der Waals surface area contributed by atoms with Gasteiger partial charge in [0.05, 0.1) is 0 Å². The second-order valence-corrected chi connectivity index (χ2v) is 10.4. The first-order chi connectivity index (χ1) is 11.0. The molecule has 24 heavy (non-hydrogen) atoms. The molecule has 1 spiro atoms. The molecule has 0 N–H and O–H groups in total. The van der Waals surface area contributed by atoms with Crippen molar-refractivity contribution in [2.75, 3.05) is 14.1 Å². The SMILES string of the molecule is CN1C(=O)C(C)(C)OP12(Oc1ccccc1)OC(C)(C)C(=O)N2C. The molecule has 0 radical (unpaired) electrons. The number of carbonyl (C=O) groups excluding carboxylic acids is 2.